The first-order chi connectivity index (χ1) is 10.1. The summed E-state index contributed by atoms with van der Waals surface area (Å²) in [6.45, 7) is 0.383. The maximum Gasteiger partial charge on any atom is 0.339 e. The molecule has 2 aromatic rings. The molecular weight excluding hydrogens is 290 g/mol. The first-order valence-corrected chi connectivity index (χ1v) is 8.46. The maximum atomic E-state index is 11.5. The molecule has 2 heterocycles. The number of para-hydroxylation sites is 1. The van der Waals surface area contributed by atoms with Crippen LogP contribution in [0.2, 0.25) is 0 Å². The van der Waals surface area contributed by atoms with Gasteiger partial charge in [0.25, 0.3) is 0 Å². The molecule has 6 heteroatoms. The van der Waals surface area contributed by atoms with Crippen LogP contribution in [0.25, 0.3) is 11.0 Å². The molecule has 1 aromatic heterocycles. The molecule has 0 radical (unpaired) electrons. The van der Waals surface area contributed by atoms with E-state index in [1.165, 1.54) is 0 Å². The molecule has 0 amide bonds. The minimum atomic E-state index is -0.971. The highest BCUT2D eigenvalue weighted by atomic mass is 32.2. The van der Waals surface area contributed by atoms with E-state index >= 15 is 0 Å². The van der Waals surface area contributed by atoms with E-state index in [-0.39, 0.29) is 11.6 Å². The number of carboxylic acids is 1. The highest BCUT2D eigenvalue weighted by molar-refractivity contribution is 7.85. The lowest BCUT2D eigenvalue weighted by Crippen LogP contribution is -2.35. The average Bonchev–Trinajstić information content (AvgIpc) is 2.85. The van der Waals surface area contributed by atoms with Crippen molar-refractivity contribution in [3.63, 3.8) is 0 Å². The fourth-order valence-electron chi connectivity index (χ4n) is 2.69. The molecule has 1 fully saturated rings. The van der Waals surface area contributed by atoms with Gasteiger partial charge in [0, 0.05) is 33.7 Å². The maximum absolute atomic E-state index is 11.5. The SMILES string of the molecule is O=C(O)c1c(CNC2CCS(=O)CC2)oc2ccccc12. The van der Waals surface area contributed by atoms with Crippen LogP contribution in [-0.2, 0) is 17.3 Å². The van der Waals surface area contributed by atoms with E-state index < -0.39 is 16.8 Å². The first kappa shape index (κ1) is 14.3. The zero-order chi connectivity index (χ0) is 14.8. The van der Waals surface area contributed by atoms with E-state index in [1.54, 1.807) is 18.2 Å². The fourth-order valence-corrected chi connectivity index (χ4v) is 3.99. The van der Waals surface area contributed by atoms with Crippen molar-refractivity contribution in [3.8, 4) is 0 Å². The van der Waals surface area contributed by atoms with Crippen molar-refractivity contribution in [1.82, 2.24) is 5.32 Å². The predicted molar refractivity (Wildman–Crippen MR) is 80.9 cm³/mol. The molecule has 1 saturated heterocycles. The normalized spacial score (nSPS) is 22.5. The molecule has 0 atom stereocenters. The van der Waals surface area contributed by atoms with Gasteiger partial charge in [-0.3, -0.25) is 4.21 Å². The van der Waals surface area contributed by atoms with Crippen LogP contribution in [-0.4, -0.2) is 32.8 Å². The van der Waals surface area contributed by atoms with Gasteiger partial charge < -0.3 is 14.8 Å². The molecule has 1 aliphatic rings. The van der Waals surface area contributed by atoms with E-state index in [9.17, 15) is 14.1 Å². The Bertz CT molecular complexity index is 684. The highest BCUT2D eigenvalue weighted by Crippen LogP contribution is 2.26. The Labute approximate surface area is 124 Å². The summed E-state index contributed by atoms with van der Waals surface area (Å²) in [5, 5.41) is 13.4. The first-order valence-electron chi connectivity index (χ1n) is 6.97. The number of benzene rings is 1. The predicted octanol–water partition coefficient (Wildman–Crippen LogP) is 2.13. The Morgan fingerprint density at radius 3 is 2.76 bits per heavy atom. The lowest BCUT2D eigenvalue weighted by Gasteiger charge is -2.22. The number of nitrogens with one attached hydrogen (secondary N) is 1. The van der Waals surface area contributed by atoms with Gasteiger partial charge in [0.2, 0.25) is 0 Å². The molecule has 0 saturated carbocycles. The Morgan fingerprint density at radius 1 is 1.33 bits per heavy atom. The zero-order valence-electron chi connectivity index (χ0n) is 11.5. The number of hydrogen-bond donors (Lipinski definition) is 2. The standard InChI is InChI=1S/C15H17NO4S/c17-15(18)14-11-3-1-2-4-12(11)20-13(14)9-16-10-5-7-21(19)8-6-10/h1-4,10,16H,5-9H2,(H,17,18). The molecule has 5 nitrogen and oxygen atoms in total. The summed E-state index contributed by atoms with van der Waals surface area (Å²) in [4.78, 5) is 11.5. The van der Waals surface area contributed by atoms with Crippen LogP contribution in [0.4, 0.5) is 0 Å². The number of fused-ring (bicyclic) bond motifs is 1. The van der Waals surface area contributed by atoms with Gasteiger partial charge >= 0.3 is 5.97 Å². The lowest BCUT2D eigenvalue weighted by atomic mass is 10.1. The van der Waals surface area contributed by atoms with Crippen LogP contribution in [0.3, 0.4) is 0 Å². The van der Waals surface area contributed by atoms with Gasteiger partial charge in [0.1, 0.15) is 16.9 Å². The average molecular weight is 307 g/mol. The third kappa shape index (κ3) is 3.01. The molecule has 21 heavy (non-hydrogen) atoms. The molecular formula is C15H17NO4S. The smallest absolute Gasteiger partial charge is 0.339 e. The fraction of sp³-hybridized carbons (Fsp3) is 0.400. The van der Waals surface area contributed by atoms with E-state index in [2.05, 4.69) is 5.32 Å². The van der Waals surface area contributed by atoms with Gasteiger partial charge in [-0.25, -0.2) is 4.79 Å². The second-order valence-corrected chi connectivity index (χ2v) is 6.90. The molecule has 0 unspecified atom stereocenters. The minimum absolute atomic E-state index is 0.234. The number of carbonyl (C=O) groups is 1. The van der Waals surface area contributed by atoms with Crippen LogP contribution >= 0.6 is 0 Å². The van der Waals surface area contributed by atoms with Crippen molar-refractivity contribution in [2.45, 2.75) is 25.4 Å². The van der Waals surface area contributed by atoms with Crippen molar-refractivity contribution in [2.24, 2.45) is 0 Å². The monoisotopic (exact) mass is 307 g/mol. The quantitative estimate of drug-likeness (QED) is 0.904. The third-order valence-corrected chi connectivity index (χ3v) is 5.20. The molecule has 2 N–H and O–H groups in total. The molecule has 112 valence electrons. The van der Waals surface area contributed by atoms with Crippen LogP contribution in [0.15, 0.2) is 28.7 Å². The van der Waals surface area contributed by atoms with E-state index in [4.69, 9.17) is 4.42 Å². The van der Waals surface area contributed by atoms with E-state index in [0.29, 0.717) is 34.8 Å². The van der Waals surface area contributed by atoms with Crippen LogP contribution in [0, 0.1) is 0 Å². The van der Waals surface area contributed by atoms with Crippen LogP contribution < -0.4 is 5.32 Å². The van der Waals surface area contributed by atoms with Gasteiger partial charge in [-0.05, 0) is 18.9 Å². The van der Waals surface area contributed by atoms with Gasteiger partial charge in [0.05, 0.1) is 6.54 Å². The van der Waals surface area contributed by atoms with Gasteiger partial charge in [-0.1, -0.05) is 18.2 Å². The number of aromatic carboxylic acids is 1. The van der Waals surface area contributed by atoms with E-state index in [0.717, 1.165) is 12.8 Å². The summed E-state index contributed by atoms with van der Waals surface area (Å²) < 4.78 is 17.0. The van der Waals surface area contributed by atoms with Crippen molar-refractivity contribution in [3.05, 3.63) is 35.6 Å². The lowest BCUT2D eigenvalue weighted by molar-refractivity contribution is 0.0696. The van der Waals surface area contributed by atoms with Crippen molar-refractivity contribution in [1.29, 1.82) is 0 Å². The van der Waals surface area contributed by atoms with Crippen LogP contribution in [0.5, 0.6) is 0 Å². The number of rotatable bonds is 4. The van der Waals surface area contributed by atoms with Gasteiger partial charge in [0.15, 0.2) is 0 Å². The molecule has 3 rings (SSSR count). The van der Waals surface area contributed by atoms with Gasteiger partial charge in [-0.15, -0.1) is 0 Å². The summed E-state index contributed by atoms with van der Waals surface area (Å²) in [5.41, 5.74) is 0.828. The zero-order valence-corrected chi connectivity index (χ0v) is 12.3. The second kappa shape index (κ2) is 5.99. The summed E-state index contributed by atoms with van der Waals surface area (Å²) in [5.74, 6) is 0.907. The summed E-state index contributed by atoms with van der Waals surface area (Å²) in [6, 6.07) is 7.44. The largest absolute Gasteiger partial charge is 0.478 e. The van der Waals surface area contributed by atoms with Crippen molar-refractivity contribution in [2.75, 3.05) is 11.5 Å². The third-order valence-electron chi connectivity index (χ3n) is 3.82. The number of carboxylic acid groups (broad SMARTS) is 1. The van der Waals surface area contributed by atoms with Crippen LogP contribution in [0.1, 0.15) is 29.0 Å². The second-order valence-electron chi connectivity index (χ2n) is 5.20. The summed E-state index contributed by atoms with van der Waals surface area (Å²) in [7, 11) is -0.691. The molecule has 0 bridgehead atoms. The topological polar surface area (TPSA) is 79.5 Å². The molecule has 1 aromatic carbocycles. The number of furan rings is 1. The number of hydrogen-bond acceptors (Lipinski definition) is 4. The Kier molecular flexibility index (Phi) is 4.07. The van der Waals surface area contributed by atoms with Gasteiger partial charge in [-0.2, -0.15) is 0 Å². The Hall–Kier alpha value is -1.66. The molecule has 0 spiro atoms. The van der Waals surface area contributed by atoms with Crippen molar-refractivity contribution < 1.29 is 18.5 Å². The molecule has 1 aliphatic heterocycles. The molecule has 0 aliphatic carbocycles. The highest BCUT2D eigenvalue weighted by Gasteiger charge is 2.22. The Balaban J connectivity index is 1.78. The Morgan fingerprint density at radius 2 is 2.05 bits per heavy atom. The summed E-state index contributed by atoms with van der Waals surface area (Å²) in [6.07, 6.45) is 1.71. The van der Waals surface area contributed by atoms with Crippen molar-refractivity contribution >= 4 is 27.7 Å². The van der Waals surface area contributed by atoms with E-state index in [1.807, 2.05) is 6.07 Å². The summed E-state index contributed by atoms with van der Waals surface area (Å²) >= 11 is 0. The minimum Gasteiger partial charge on any atom is -0.478 e.